The van der Waals surface area contributed by atoms with Crippen LogP contribution < -0.4 is 5.32 Å². The Morgan fingerprint density at radius 3 is 2.47 bits per heavy atom. The Labute approximate surface area is 203 Å². The molecule has 1 aromatic heterocycles. The molecule has 0 aliphatic rings. The van der Waals surface area contributed by atoms with Gasteiger partial charge in [-0.2, -0.15) is 0 Å². The second-order valence-corrected chi connectivity index (χ2v) is 9.82. The largest absolute Gasteiger partial charge is 0.463 e. The first-order chi connectivity index (χ1) is 15.9. The van der Waals surface area contributed by atoms with Gasteiger partial charge in [0, 0.05) is 48.6 Å². The third-order valence-electron chi connectivity index (χ3n) is 6.21. The van der Waals surface area contributed by atoms with Crippen LogP contribution in [0.4, 0.5) is 0 Å². The number of likely N-dealkylation sites (N-methyl/N-ethyl adjacent to an activating group) is 1. The number of amides is 2. The molecule has 7 heteroatoms. The molecular weight excluding hydrogens is 430 g/mol. The molecule has 0 aliphatic carbocycles. The van der Waals surface area contributed by atoms with Crippen molar-refractivity contribution in [3.63, 3.8) is 0 Å². The lowest BCUT2D eigenvalue weighted by molar-refractivity contribution is -0.138. The Kier molecular flexibility index (Phi) is 9.07. The molecule has 34 heavy (non-hydrogen) atoms. The summed E-state index contributed by atoms with van der Waals surface area (Å²) in [6.45, 7) is 11.7. The maximum atomic E-state index is 12.8. The van der Waals surface area contributed by atoms with E-state index >= 15 is 0 Å². The van der Waals surface area contributed by atoms with E-state index in [4.69, 9.17) is 4.74 Å². The lowest BCUT2D eigenvalue weighted by Crippen LogP contribution is -2.45. The van der Waals surface area contributed by atoms with Gasteiger partial charge >= 0.3 is 5.97 Å². The van der Waals surface area contributed by atoms with Crippen LogP contribution in [-0.4, -0.2) is 53.5 Å². The molecule has 2 rings (SSSR count). The summed E-state index contributed by atoms with van der Waals surface area (Å²) >= 11 is 0. The number of carbonyl (C=O) groups excluding carboxylic acids is 3. The van der Waals surface area contributed by atoms with E-state index in [0.29, 0.717) is 12.2 Å². The highest BCUT2D eigenvalue weighted by Crippen LogP contribution is 2.34. The molecule has 0 saturated heterocycles. The number of nitrogens with zero attached hydrogens (tertiary/aromatic N) is 2. The third kappa shape index (κ3) is 6.49. The van der Waals surface area contributed by atoms with Gasteiger partial charge in [0.1, 0.15) is 0 Å². The fourth-order valence-electron chi connectivity index (χ4n) is 4.23. The number of esters is 1. The van der Waals surface area contributed by atoms with E-state index in [1.54, 1.807) is 31.9 Å². The Balaban J connectivity index is 2.04. The fraction of sp³-hybridized carbons (Fsp3) is 0.519. The van der Waals surface area contributed by atoms with E-state index in [-0.39, 0.29) is 36.7 Å². The fourth-order valence-corrected chi connectivity index (χ4v) is 4.23. The monoisotopic (exact) mass is 469 g/mol. The highest BCUT2D eigenvalue weighted by atomic mass is 16.5. The number of ether oxygens (including phenoxy) is 1. The number of hydrogen-bond acceptors (Lipinski definition) is 4. The van der Waals surface area contributed by atoms with Crippen molar-refractivity contribution >= 4 is 28.7 Å². The molecule has 0 bridgehead atoms. The smallest absolute Gasteiger partial charge is 0.333 e. The van der Waals surface area contributed by atoms with E-state index < -0.39 is 11.4 Å². The summed E-state index contributed by atoms with van der Waals surface area (Å²) in [5.41, 5.74) is 2.28. The summed E-state index contributed by atoms with van der Waals surface area (Å²) in [7, 11) is 3.69. The Morgan fingerprint density at radius 1 is 1.21 bits per heavy atom. The molecule has 1 N–H and O–H groups in total. The van der Waals surface area contributed by atoms with E-state index in [9.17, 15) is 14.4 Å². The van der Waals surface area contributed by atoms with Crippen molar-refractivity contribution in [2.75, 3.05) is 20.2 Å². The maximum Gasteiger partial charge on any atom is 0.333 e. The summed E-state index contributed by atoms with van der Waals surface area (Å²) in [6.07, 6.45) is 4.09. The summed E-state index contributed by atoms with van der Waals surface area (Å²) in [4.78, 5) is 39.2. The normalized spacial score (nSPS) is 13.1. The number of para-hydroxylation sites is 1. The summed E-state index contributed by atoms with van der Waals surface area (Å²) < 4.78 is 7.12. The predicted molar refractivity (Wildman–Crippen MR) is 135 cm³/mol. The van der Waals surface area contributed by atoms with Crippen LogP contribution in [0.2, 0.25) is 0 Å². The van der Waals surface area contributed by atoms with Crippen molar-refractivity contribution in [1.82, 2.24) is 14.8 Å². The zero-order chi connectivity index (χ0) is 25.6. The standard InChI is InChI=1S/C27H39N3O4/c1-9-34-26(33)19(4)14-23(18(2)3)30(8)25(32)16-28-24(31)15-27(5,6)21-17-29(7)22-13-11-10-12-20(21)22/h10-14,17-18,23H,9,15-16H2,1-8H3,(H,28,31)/b19-14+/t23-/m1/s1. The first kappa shape index (κ1) is 27.2. The molecule has 0 fully saturated rings. The van der Waals surface area contributed by atoms with Gasteiger partial charge in [-0.15, -0.1) is 0 Å². The van der Waals surface area contributed by atoms with Crippen LogP contribution in [-0.2, 0) is 31.6 Å². The highest BCUT2D eigenvalue weighted by Gasteiger charge is 2.28. The lowest BCUT2D eigenvalue weighted by atomic mass is 9.81. The molecule has 7 nitrogen and oxygen atoms in total. The molecule has 1 heterocycles. The highest BCUT2D eigenvalue weighted by molar-refractivity contribution is 5.89. The second kappa shape index (κ2) is 11.4. The van der Waals surface area contributed by atoms with Crippen molar-refractivity contribution in [2.45, 2.75) is 59.4 Å². The molecule has 0 aliphatic heterocycles. The minimum atomic E-state index is -0.403. The third-order valence-corrected chi connectivity index (χ3v) is 6.21. The Morgan fingerprint density at radius 2 is 1.85 bits per heavy atom. The quantitative estimate of drug-likeness (QED) is 0.422. The van der Waals surface area contributed by atoms with Gasteiger partial charge in [0.15, 0.2) is 0 Å². The summed E-state index contributed by atoms with van der Waals surface area (Å²) in [5.74, 6) is -0.709. The van der Waals surface area contributed by atoms with E-state index in [1.807, 2.05) is 46.9 Å². The van der Waals surface area contributed by atoms with E-state index in [0.717, 1.165) is 16.5 Å². The first-order valence-corrected chi connectivity index (χ1v) is 11.8. The van der Waals surface area contributed by atoms with Crippen molar-refractivity contribution in [1.29, 1.82) is 0 Å². The number of aromatic nitrogens is 1. The summed E-state index contributed by atoms with van der Waals surface area (Å²) in [6, 6.07) is 7.84. The number of benzene rings is 1. The Bertz CT molecular complexity index is 1070. The molecule has 2 amide bonds. The molecule has 1 aromatic carbocycles. The van der Waals surface area contributed by atoms with Crippen LogP contribution >= 0.6 is 0 Å². The number of aryl methyl sites for hydroxylation is 1. The molecule has 186 valence electrons. The topological polar surface area (TPSA) is 80.6 Å². The zero-order valence-electron chi connectivity index (χ0n) is 21.8. The average Bonchev–Trinajstić information content (AvgIpc) is 3.12. The number of hydrogen-bond donors (Lipinski definition) is 1. The number of fused-ring (bicyclic) bond motifs is 1. The van der Waals surface area contributed by atoms with Gasteiger partial charge in [0.05, 0.1) is 19.2 Å². The van der Waals surface area contributed by atoms with Gasteiger partial charge in [0.2, 0.25) is 11.8 Å². The van der Waals surface area contributed by atoms with Gasteiger partial charge in [-0.1, -0.05) is 52.0 Å². The molecule has 1 atom stereocenters. The van der Waals surface area contributed by atoms with Gasteiger partial charge in [0.25, 0.3) is 0 Å². The van der Waals surface area contributed by atoms with Crippen LogP contribution in [0.25, 0.3) is 10.9 Å². The van der Waals surface area contributed by atoms with Gasteiger partial charge < -0.3 is 19.5 Å². The SMILES string of the molecule is CCOC(=O)/C(C)=C/[C@H](C(C)C)N(C)C(=O)CNC(=O)CC(C)(C)c1cn(C)c2ccccc12. The van der Waals surface area contributed by atoms with Crippen molar-refractivity contribution in [3.05, 3.63) is 47.7 Å². The van der Waals surface area contributed by atoms with E-state index in [1.165, 1.54) is 0 Å². The molecule has 0 unspecified atom stereocenters. The number of rotatable bonds is 10. The molecule has 0 saturated carbocycles. The first-order valence-electron chi connectivity index (χ1n) is 11.8. The maximum absolute atomic E-state index is 12.8. The van der Waals surface area contributed by atoms with Crippen LogP contribution in [0, 0.1) is 5.92 Å². The second-order valence-electron chi connectivity index (χ2n) is 9.82. The van der Waals surface area contributed by atoms with Crippen LogP contribution in [0.5, 0.6) is 0 Å². The van der Waals surface area contributed by atoms with E-state index in [2.05, 4.69) is 28.2 Å². The van der Waals surface area contributed by atoms with Crippen LogP contribution in [0.1, 0.15) is 53.5 Å². The zero-order valence-corrected chi connectivity index (χ0v) is 21.8. The predicted octanol–water partition coefficient (Wildman–Crippen LogP) is 3.95. The van der Waals surface area contributed by atoms with Gasteiger partial charge in [-0.05, 0) is 31.4 Å². The molecule has 0 spiro atoms. The van der Waals surface area contributed by atoms with Gasteiger partial charge in [-0.3, -0.25) is 9.59 Å². The molecular formula is C27H39N3O4. The lowest BCUT2D eigenvalue weighted by Gasteiger charge is -2.30. The van der Waals surface area contributed by atoms with Crippen LogP contribution in [0.15, 0.2) is 42.1 Å². The molecule has 2 aromatic rings. The minimum absolute atomic E-state index is 0.0827. The number of carbonyl (C=O) groups is 3. The van der Waals surface area contributed by atoms with Crippen LogP contribution in [0.3, 0.4) is 0 Å². The van der Waals surface area contributed by atoms with Crippen molar-refractivity contribution in [3.8, 4) is 0 Å². The van der Waals surface area contributed by atoms with Crippen molar-refractivity contribution in [2.24, 2.45) is 13.0 Å². The Hall–Kier alpha value is -3.09. The minimum Gasteiger partial charge on any atom is -0.463 e. The van der Waals surface area contributed by atoms with Gasteiger partial charge in [-0.25, -0.2) is 4.79 Å². The number of nitrogens with one attached hydrogen (secondary N) is 1. The van der Waals surface area contributed by atoms with Crippen molar-refractivity contribution < 1.29 is 19.1 Å². The molecule has 0 radical (unpaired) electrons. The average molecular weight is 470 g/mol. The summed E-state index contributed by atoms with van der Waals surface area (Å²) in [5, 5.41) is 3.91.